The Balaban J connectivity index is 1.89. The molecule has 1 N–H and O–H groups in total. The Morgan fingerprint density at radius 1 is 1.22 bits per heavy atom. The van der Waals surface area contributed by atoms with Gasteiger partial charge in [0.1, 0.15) is 5.75 Å². The first-order valence-electron chi connectivity index (χ1n) is 7.27. The van der Waals surface area contributed by atoms with Crippen molar-refractivity contribution >= 4 is 15.7 Å². The Morgan fingerprint density at radius 2 is 1.87 bits per heavy atom. The first kappa shape index (κ1) is 17.2. The van der Waals surface area contributed by atoms with Crippen LogP contribution in [0, 0.1) is 13.8 Å². The fourth-order valence-corrected chi connectivity index (χ4v) is 3.33. The zero-order valence-electron chi connectivity index (χ0n) is 13.5. The van der Waals surface area contributed by atoms with Crippen LogP contribution in [0.3, 0.4) is 0 Å². The van der Waals surface area contributed by atoms with E-state index in [0.29, 0.717) is 12.2 Å². The summed E-state index contributed by atoms with van der Waals surface area (Å²) in [4.78, 5) is 11.8. The molecule has 2 aromatic rings. The van der Waals surface area contributed by atoms with E-state index in [1.165, 1.54) is 0 Å². The van der Waals surface area contributed by atoms with Crippen LogP contribution in [-0.4, -0.2) is 29.9 Å². The number of rotatable bonds is 6. The maximum atomic E-state index is 12.1. The van der Waals surface area contributed by atoms with Crippen molar-refractivity contribution in [2.75, 3.05) is 5.75 Å². The van der Waals surface area contributed by atoms with Crippen molar-refractivity contribution in [1.29, 1.82) is 0 Å². The molecule has 0 aliphatic rings. The van der Waals surface area contributed by atoms with Gasteiger partial charge in [-0.15, -0.1) is 0 Å². The van der Waals surface area contributed by atoms with Crippen molar-refractivity contribution in [2.24, 2.45) is 7.05 Å². The van der Waals surface area contributed by atoms with Crippen LogP contribution in [0.2, 0.25) is 0 Å². The van der Waals surface area contributed by atoms with Crippen LogP contribution in [0.25, 0.3) is 0 Å². The second-order valence-electron chi connectivity index (χ2n) is 5.70. The number of aryl methyl sites for hydroxylation is 3. The molecule has 7 heteroatoms. The number of aromatic nitrogens is 2. The number of benzene rings is 1. The molecule has 0 radical (unpaired) electrons. The van der Waals surface area contributed by atoms with Crippen molar-refractivity contribution in [2.45, 2.75) is 26.1 Å². The topological polar surface area (TPSA) is 81.1 Å². The average molecular weight is 335 g/mol. The molecule has 23 heavy (non-hydrogen) atoms. The first-order chi connectivity index (χ1) is 10.7. The number of carbonyl (C=O) groups is 1. The maximum absolute atomic E-state index is 12.1. The number of nitrogens with zero attached hydrogens (tertiary/aromatic N) is 2. The quantitative estimate of drug-likeness (QED) is 0.862. The van der Waals surface area contributed by atoms with E-state index < -0.39 is 21.5 Å². The Bertz CT molecular complexity index is 773. The highest BCUT2D eigenvalue weighted by Gasteiger charge is 2.19. The lowest BCUT2D eigenvalue weighted by molar-refractivity contribution is -0.118. The highest BCUT2D eigenvalue weighted by atomic mass is 32.2. The van der Waals surface area contributed by atoms with Gasteiger partial charge >= 0.3 is 0 Å². The number of hydrogen-bond acceptors (Lipinski definition) is 4. The summed E-state index contributed by atoms with van der Waals surface area (Å²) < 4.78 is 25.8. The Hall–Kier alpha value is -2.15. The Kier molecular flexibility index (Phi) is 5.20. The molecule has 0 spiro atoms. The largest absolute Gasteiger partial charge is 0.351 e. The van der Waals surface area contributed by atoms with Crippen LogP contribution >= 0.6 is 0 Å². The maximum Gasteiger partial charge on any atom is 0.235 e. The fraction of sp³-hybridized carbons (Fsp3) is 0.375. The van der Waals surface area contributed by atoms with Crippen molar-refractivity contribution in [1.82, 2.24) is 15.1 Å². The fourth-order valence-electron chi connectivity index (χ4n) is 2.14. The Labute approximate surface area is 136 Å². The normalized spacial score (nSPS) is 11.4. The molecule has 0 aliphatic heterocycles. The summed E-state index contributed by atoms with van der Waals surface area (Å²) in [6.45, 7) is 4.14. The van der Waals surface area contributed by atoms with Gasteiger partial charge in [0.2, 0.25) is 5.91 Å². The lowest BCUT2D eigenvalue weighted by Crippen LogP contribution is -2.30. The minimum absolute atomic E-state index is 0.230. The third kappa shape index (κ3) is 5.21. The van der Waals surface area contributed by atoms with Crippen LogP contribution in [0.1, 0.15) is 22.5 Å². The standard InChI is InChI=1S/C16H21N3O3S/c1-12-4-6-14(7-5-12)9-17-16(20)11-23(21,22)10-15-8-13(2)19(3)18-15/h4-8H,9-11H2,1-3H3,(H,17,20). The molecule has 2 rings (SSSR count). The van der Waals surface area contributed by atoms with Gasteiger partial charge in [-0.3, -0.25) is 9.48 Å². The highest BCUT2D eigenvalue weighted by molar-refractivity contribution is 7.91. The second kappa shape index (κ2) is 6.95. The Morgan fingerprint density at radius 3 is 2.43 bits per heavy atom. The molecule has 1 heterocycles. The molecule has 0 saturated heterocycles. The van der Waals surface area contributed by atoms with Crippen LogP contribution in [0.5, 0.6) is 0 Å². The van der Waals surface area contributed by atoms with E-state index in [2.05, 4.69) is 10.4 Å². The van der Waals surface area contributed by atoms with Gasteiger partial charge in [-0.25, -0.2) is 8.42 Å². The zero-order chi connectivity index (χ0) is 17.0. The molecule has 1 aromatic carbocycles. The molecular formula is C16H21N3O3S. The summed E-state index contributed by atoms with van der Waals surface area (Å²) in [6, 6.07) is 9.41. The van der Waals surface area contributed by atoms with E-state index in [4.69, 9.17) is 0 Å². The minimum atomic E-state index is -3.54. The molecule has 0 saturated carbocycles. The number of sulfone groups is 1. The predicted octanol–water partition coefficient (Wildman–Crippen LogP) is 1.27. The molecule has 0 aliphatic carbocycles. The lowest BCUT2D eigenvalue weighted by Gasteiger charge is -2.06. The SMILES string of the molecule is Cc1ccc(CNC(=O)CS(=O)(=O)Cc2cc(C)n(C)n2)cc1. The molecular weight excluding hydrogens is 314 g/mol. The van der Waals surface area contributed by atoms with E-state index in [1.54, 1.807) is 17.8 Å². The number of amides is 1. The summed E-state index contributed by atoms with van der Waals surface area (Å²) in [7, 11) is -1.79. The van der Waals surface area contributed by atoms with Gasteiger partial charge in [0.05, 0.1) is 11.4 Å². The molecule has 0 atom stereocenters. The molecule has 0 unspecified atom stereocenters. The predicted molar refractivity (Wildman–Crippen MR) is 88.5 cm³/mol. The van der Waals surface area contributed by atoms with Crippen molar-refractivity contribution in [3.63, 3.8) is 0 Å². The number of carbonyl (C=O) groups excluding carboxylic acids is 1. The summed E-state index contributed by atoms with van der Waals surface area (Å²) >= 11 is 0. The van der Waals surface area contributed by atoms with Gasteiger partial charge in [0, 0.05) is 19.3 Å². The van der Waals surface area contributed by atoms with E-state index in [1.807, 2.05) is 38.1 Å². The molecule has 0 bridgehead atoms. The van der Waals surface area contributed by atoms with Gasteiger partial charge in [0.15, 0.2) is 9.84 Å². The number of hydrogen-bond donors (Lipinski definition) is 1. The lowest BCUT2D eigenvalue weighted by atomic mass is 10.1. The summed E-state index contributed by atoms with van der Waals surface area (Å²) in [6.07, 6.45) is 0. The van der Waals surface area contributed by atoms with Gasteiger partial charge in [0.25, 0.3) is 0 Å². The van der Waals surface area contributed by atoms with E-state index in [-0.39, 0.29) is 5.75 Å². The van der Waals surface area contributed by atoms with Gasteiger partial charge < -0.3 is 5.32 Å². The van der Waals surface area contributed by atoms with Crippen LogP contribution in [0.4, 0.5) is 0 Å². The molecule has 1 aromatic heterocycles. The monoisotopic (exact) mass is 335 g/mol. The van der Waals surface area contributed by atoms with Crippen LogP contribution in [0.15, 0.2) is 30.3 Å². The van der Waals surface area contributed by atoms with Crippen molar-refractivity contribution < 1.29 is 13.2 Å². The zero-order valence-corrected chi connectivity index (χ0v) is 14.4. The number of nitrogens with one attached hydrogen (secondary N) is 1. The first-order valence-corrected chi connectivity index (χ1v) is 9.09. The van der Waals surface area contributed by atoms with Crippen molar-refractivity contribution in [3.8, 4) is 0 Å². The van der Waals surface area contributed by atoms with Gasteiger partial charge in [-0.1, -0.05) is 29.8 Å². The third-order valence-electron chi connectivity index (χ3n) is 3.49. The molecule has 1 amide bonds. The van der Waals surface area contributed by atoms with E-state index in [0.717, 1.165) is 16.8 Å². The van der Waals surface area contributed by atoms with Crippen LogP contribution in [-0.2, 0) is 34.0 Å². The summed E-state index contributed by atoms with van der Waals surface area (Å²) in [5.41, 5.74) is 3.39. The molecule has 0 fully saturated rings. The van der Waals surface area contributed by atoms with Gasteiger partial charge in [-0.2, -0.15) is 5.10 Å². The smallest absolute Gasteiger partial charge is 0.235 e. The second-order valence-corrected chi connectivity index (χ2v) is 7.76. The highest BCUT2D eigenvalue weighted by Crippen LogP contribution is 2.07. The van der Waals surface area contributed by atoms with E-state index >= 15 is 0 Å². The van der Waals surface area contributed by atoms with Gasteiger partial charge in [-0.05, 0) is 25.5 Å². The summed E-state index contributed by atoms with van der Waals surface area (Å²) in [5.74, 6) is -1.26. The summed E-state index contributed by atoms with van der Waals surface area (Å²) in [5, 5.41) is 6.74. The minimum Gasteiger partial charge on any atom is -0.351 e. The average Bonchev–Trinajstić information content (AvgIpc) is 2.75. The van der Waals surface area contributed by atoms with Crippen molar-refractivity contribution in [3.05, 3.63) is 52.8 Å². The molecule has 6 nitrogen and oxygen atoms in total. The third-order valence-corrected chi connectivity index (χ3v) is 4.93. The molecule has 124 valence electrons. The van der Waals surface area contributed by atoms with E-state index in [9.17, 15) is 13.2 Å². The van der Waals surface area contributed by atoms with Crippen LogP contribution < -0.4 is 5.32 Å².